The Morgan fingerprint density at radius 3 is 2.50 bits per heavy atom. The van der Waals surface area contributed by atoms with Crippen molar-refractivity contribution in [3.63, 3.8) is 0 Å². The molecule has 1 unspecified atom stereocenters. The molecule has 0 aliphatic heterocycles. The highest BCUT2D eigenvalue weighted by Crippen LogP contribution is 2.13. The molecular weight excluding hydrogens is 330 g/mol. The zero-order valence-electron chi connectivity index (χ0n) is 13.9. The lowest BCUT2D eigenvalue weighted by Crippen LogP contribution is -2.40. The molecule has 0 radical (unpaired) electrons. The maximum absolute atomic E-state index is 12.4. The van der Waals surface area contributed by atoms with Crippen LogP contribution in [0.25, 0.3) is 0 Å². The standard InChI is InChI=1S/C17H23NO5S/c1-13(12-24-14(2)19)17(22)18(11-16(20)21)9-6-10-23-15-7-4-3-5-8-15/h3-5,7-8,13H,6,9-12H2,1-2H3,(H,20,21). The summed E-state index contributed by atoms with van der Waals surface area (Å²) in [5, 5.41) is 8.92. The van der Waals surface area contributed by atoms with Crippen LogP contribution >= 0.6 is 11.8 Å². The summed E-state index contributed by atoms with van der Waals surface area (Å²) in [6, 6.07) is 9.29. The number of ether oxygens (including phenoxy) is 1. The summed E-state index contributed by atoms with van der Waals surface area (Å²) >= 11 is 1.07. The van der Waals surface area contributed by atoms with E-state index in [-0.39, 0.29) is 17.6 Å². The molecule has 0 heterocycles. The van der Waals surface area contributed by atoms with Gasteiger partial charge in [-0.3, -0.25) is 14.4 Å². The van der Waals surface area contributed by atoms with Crippen molar-refractivity contribution in [1.29, 1.82) is 0 Å². The molecule has 132 valence electrons. The first-order chi connectivity index (χ1) is 11.4. The molecule has 1 atom stereocenters. The van der Waals surface area contributed by atoms with Gasteiger partial charge in [0.15, 0.2) is 5.12 Å². The lowest BCUT2D eigenvalue weighted by Gasteiger charge is -2.24. The number of benzene rings is 1. The van der Waals surface area contributed by atoms with Crippen molar-refractivity contribution in [3.05, 3.63) is 30.3 Å². The van der Waals surface area contributed by atoms with Gasteiger partial charge in [0.05, 0.1) is 6.61 Å². The maximum Gasteiger partial charge on any atom is 0.323 e. The van der Waals surface area contributed by atoms with E-state index >= 15 is 0 Å². The molecule has 0 aliphatic rings. The molecule has 6 nitrogen and oxygen atoms in total. The average molecular weight is 353 g/mol. The first kappa shape index (κ1) is 20.0. The average Bonchev–Trinajstić information content (AvgIpc) is 2.55. The van der Waals surface area contributed by atoms with E-state index in [9.17, 15) is 14.4 Å². The maximum atomic E-state index is 12.4. The Kier molecular flexibility index (Phi) is 8.93. The highest BCUT2D eigenvalue weighted by molar-refractivity contribution is 8.13. The lowest BCUT2D eigenvalue weighted by atomic mass is 10.2. The Labute approximate surface area is 146 Å². The highest BCUT2D eigenvalue weighted by Gasteiger charge is 2.22. The molecule has 1 rings (SSSR count). The lowest BCUT2D eigenvalue weighted by molar-refractivity contribution is -0.145. The number of amides is 1. The molecule has 1 N–H and O–H groups in total. The second-order valence-electron chi connectivity index (χ2n) is 5.37. The van der Waals surface area contributed by atoms with Crippen LogP contribution in [-0.2, 0) is 14.4 Å². The van der Waals surface area contributed by atoms with Gasteiger partial charge in [0.25, 0.3) is 0 Å². The molecular formula is C17H23NO5S. The summed E-state index contributed by atoms with van der Waals surface area (Å²) < 4.78 is 5.55. The number of thioether (sulfide) groups is 1. The number of carbonyl (C=O) groups excluding carboxylic acids is 2. The Bertz CT molecular complexity index is 549. The third-order valence-electron chi connectivity index (χ3n) is 3.18. The number of hydrogen-bond donors (Lipinski definition) is 1. The van der Waals surface area contributed by atoms with Crippen LogP contribution in [-0.4, -0.2) is 52.4 Å². The van der Waals surface area contributed by atoms with E-state index in [1.807, 2.05) is 30.3 Å². The van der Waals surface area contributed by atoms with Crippen molar-refractivity contribution in [2.45, 2.75) is 20.3 Å². The zero-order chi connectivity index (χ0) is 17.9. The SMILES string of the molecule is CC(=O)SCC(C)C(=O)N(CCCOc1ccccc1)CC(=O)O. The number of nitrogens with zero attached hydrogens (tertiary/aromatic N) is 1. The minimum Gasteiger partial charge on any atom is -0.494 e. The Morgan fingerprint density at radius 2 is 1.92 bits per heavy atom. The van der Waals surface area contributed by atoms with Gasteiger partial charge in [-0.05, 0) is 18.6 Å². The van der Waals surface area contributed by atoms with Gasteiger partial charge < -0.3 is 14.7 Å². The number of para-hydroxylation sites is 1. The smallest absolute Gasteiger partial charge is 0.323 e. The van der Waals surface area contributed by atoms with Crippen LogP contribution in [0, 0.1) is 5.92 Å². The van der Waals surface area contributed by atoms with Crippen molar-refractivity contribution >= 4 is 28.8 Å². The van der Waals surface area contributed by atoms with Crippen molar-refractivity contribution in [3.8, 4) is 5.75 Å². The minimum atomic E-state index is -1.06. The van der Waals surface area contributed by atoms with Crippen molar-refractivity contribution in [2.75, 3.05) is 25.4 Å². The Hall–Kier alpha value is -2.02. The highest BCUT2D eigenvalue weighted by atomic mass is 32.2. The Morgan fingerprint density at radius 1 is 1.25 bits per heavy atom. The minimum absolute atomic E-state index is 0.0595. The molecule has 1 aromatic carbocycles. The first-order valence-electron chi connectivity index (χ1n) is 7.72. The summed E-state index contributed by atoms with van der Waals surface area (Å²) in [7, 11) is 0. The third-order valence-corrected chi connectivity index (χ3v) is 4.25. The zero-order valence-corrected chi connectivity index (χ0v) is 14.8. The van der Waals surface area contributed by atoms with E-state index in [1.54, 1.807) is 6.92 Å². The van der Waals surface area contributed by atoms with Gasteiger partial charge in [0.2, 0.25) is 5.91 Å². The molecule has 0 aliphatic carbocycles. The van der Waals surface area contributed by atoms with Crippen LogP contribution in [0.2, 0.25) is 0 Å². The van der Waals surface area contributed by atoms with Crippen LogP contribution < -0.4 is 4.74 Å². The number of aliphatic carboxylic acids is 1. The van der Waals surface area contributed by atoms with E-state index in [1.165, 1.54) is 11.8 Å². The quantitative estimate of drug-likeness (QED) is 0.650. The predicted molar refractivity (Wildman–Crippen MR) is 93.1 cm³/mol. The van der Waals surface area contributed by atoms with Gasteiger partial charge in [-0.1, -0.05) is 36.9 Å². The predicted octanol–water partition coefficient (Wildman–Crippen LogP) is 2.28. The molecule has 7 heteroatoms. The number of carboxylic acid groups (broad SMARTS) is 1. The number of carbonyl (C=O) groups is 3. The summed E-state index contributed by atoms with van der Waals surface area (Å²) in [5.41, 5.74) is 0. The topological polar surface area (TPSA) is 83.9 Å². The monoisotopic (exact) mass is 353 g/mol. The van der Waals surface area contributed by atoms with Gasteiger partial charge in [0.1, 0.15) is 12.3 Å². The summed E-state index contributed by atoms with van der Waals surface area (Å²) in [6.07, 6.45) is 0.528. The second kappa shape index (κ2) is 10.7. The molecule has 0 fully saturated rings. The van der Waals surface area contributed by atoms with Crippen molar-refractivity contribution in [1.82, 2.24) is 4.90 Å². The normalized spacial score (nSPS) is 11.6. The van der Waals surface area contributed by atoms with Crippen LogP contribution in [0.3, 0.4) is 0 Å². The van der Waals surface area contributed by atoms with Crippen molar-refractivity contribution in [2.24, 2.45) is 5.92 Å². The molecule has 0 aromatic heterocycles. The van der Waals surface area contributed by atoms with Crippen molar-refractivity contribution < 1.29 is 24.2 Å². The van der Waals surface area contributed by atoms with E-state index in [2.05, 4.69) is 0 Å². The number of rotatable bonds is 10. The first-order valence-corrected chi connectivity index (χ1v) is 8.70. The van der Waals surface area contributed by atoms with Gasteiger partial charge in [-0.2, -0.15) is 0 Å². The second-order valence-corrected chi connectivity index (χ2v) is 6.57. The fourth-order valence-electron chi connectivity index (χ4n) is 2.02. The van der Waals surface area contributed by atoms with E-state index in [4.69, 9.17) is 9.84 Å². The van der Waals surface area contributed by atoms with Crippen LogP contribution in [0.4, 0.5) is 0 Å². The molecule has 1 aromatic rings. The van der Waals surface area contributed by atoms with Gasteiger partial charge >= 0.3 is 5.97 Å². The van der Waals surface area contributed by atoms with E-state index in [0.29, 0.717) is 25.3 Å². The number of carboxylic acids is 1. The molecule has 0 saturated heterocycles. The van der Waals surface area contributed by atoms with E-state index in [0.717, 1.165) is 17.5 Å². The van der Waals surface area contributed by atoms with Crippen LogP contribution in [0.1, 0.15) is 20.3 Å². The molecule has 1 amide bonds. The largest absolute Gasteiger partial charge is 0.494 e. The molecule has 0 spiro atoms. The van der Waals surface area contributed by atoms with Crippen LogP contribution in [0.15, 0.2) is 30.3 Å². The summed E-state index contributed by atoms with van der Waals surface area (Å²) in [5.74, 6) is -0.636. The molecule has 24 heavy (non-hydrogen) atoms. The Balaban J connectivity index is 2.47. The van der Waals surface area contributed by atoms with Gasteiger partial charge in [0, 0.05) is 25.1 Å². The number of hydrogen-bond acceptors (Lipinski definition) is 5. The summed E-state index contributed by atoms with van der Waals surface area (Å²) in [4.78, 5) is 35.6. The molecule has 0 saturated carbocycles. The third kappa shape index (κ3) is 8.01. The summed E-state index contributed by atoms with van der Waals surface area (Å²) in [6.45, 7) is 3.49. The van der Waals surface area contributed by atoms with Gasteiger partial charge in [-0.25, -0.2) is 0 Å². The van der Waals surface area contributed by atoms with Crippen LogP contribution in [0.5, 0.6) is 5.75 Å². The fraction of sp³-hybridized carbons (Fsp3) is 0.471. The molecule has 0 bridgehead atoms. The van der Waals surface area contributed by atoms with Gasteiger partial charge in [-0.15, -0.1) is 0 Å². The fourth-order valence-corrected chi connectivity index (χ4v) is 2.65. The van der Waals surface area contributed by atoms with E-state index < -0.39 is 11.9 Å².